The average molecular weight is 372 g/mol. The predicted octanol–water partition coefficient (Wildman–Crippen LogP) is 0.0629. The van der Waals surface area contributed by atoms with Crippen molar-refractivity contribution in [2.24, 2.45) is 12.8 Å². The number of aryl methyl sites for hydroxylation is 2. The van der Waals surface area contributed by atoms with E-state index in [1.165, 1.54) is 23.7 Å². The van der Waals surface area contributed by atoms with Gasteiger partial charge in [0.15, 0.2) is 11.2 Å². The van der Waals surface area contributed by atoms with Gasteiger partial charge in [0.2, 0.25) is 11.9 Å². The summed E-state index contributed by atoms with van der Waals surface area (Å²) in [6.07, 6.45) is 0.730. The van der Waals surface area contributed by atoms with Gasteiger partial charge in [-0.15, -0.1) is 0 Å². The Bertz CT molecular complexity index is 1170. The average Bonchev–Trinajstić information content (AvgIpc) is 3.04. The molecule has 2 aromatic heterocycles. The molecule has 0 radical (unpaired) electrons. The second kappa shape index (κ2) is 6.08. The number of hydrogen-bond acceptors (Lipinski definition) is 5. The van der Waals surface area contributed by atoms with Crippen LogP contribution in [0.25, 0.3) is 11.2 Å². The van der Waals surface area contributed by atoms with Crippen LogP contribution in [0.4, 0.5) is 16.0 Å². The van der Waals surface area contributed by atoms with Gasteiger partial charge in [0.25, 0.3) is 5.56 Å². The van der Waals surface area contributed by atoms with E-state index in [4.69, 9.17) is 5.73 Å². The van der Waals surface area contributed by atoms with Crippen LogP contribution >= 0.6 is 0 Å². The fourth-order valence-corrected chi connectivity index (χ4v) is 3.43. The second-order valence-electron chi connectivity index (χ2n) is 6.42. The maximum Gasteiger partial charge on any atom is 0.332 e. The van der Waals surface area contributed by atoms with Crippen LogP contribution in [-0.2, 0) is 24.9 Å². The van der Waals surface area contributed by atoms with Crippen molar-refractivity contribution in [3.63, 3.8) is 0 Å². The SMILES string of the molecule is Cn1c(=O)n(CC(N)=O)c(=O)c2c1nc1n2CCCN1c1ccc(F)cc1. The molecule has 4 rings (SSSR count). The van der Waals surface area contributed by atoms with Crippen LogP contribution < -0.4 is 21.9 Å². The fraction of sp³-hybridized carbons (Fsp3) is 0.294. The van der Waals surface area contributed by atoms with Crippen molar-refractivity contribution >= 4 is 28.7 Å². The van der Waals surface area contributed by atoms with Crippen LogP contribution in [0.2, 0.25) is 0 Å². The Morgan fingerprint density at radius 1 is 1.22 bits per heavy atom. The first kappa shape index (κ1) is 17.0. The van der Waals surface area contributed by atoms with E-state index in [2.05, 4.69) is 4.98 Å². The van der Waals surface area contributed by atoms with Crippen LogP contribution in [0.5, 0.6) is 0 Å². The molecule has 1 aliphatic heterocycles. The van der Waals surface area contributed by atoms with E-state index in [1.54, 1.807) is 16.7 Å². The summed E-state index contributed by atoms with van der Waals surface area (Å²) in [5.74, 6) is -0.632. The van der Waals surface area contributed by atoms with Gasteiger partial charge in [0.05, 0.1) is 0 Å². The minimum atomic E-state index is -0.778. The van der Waals surface area contributed by atoms with E-state index >= 15 is 0 Å². The monoisotopic (exact) mass is 372 g/mol. The van der Waals surface area contributed by atoms with Gasteiger partial charge in [-0.1, -0.05) is 0 Å². The number of imidazole rings is 1. The molecule has 140 valence electrons. The van der Waals surface area contributed by atoms with Crippen molar-refractivity contribution in [2.75, 3.05) is 11.4 Å². The number of rotatable bonds is 3. The minimum Gasteiger partial charge on any atom is -0.368 e. The standard InChI is InChI=1S/C17H17FN6O3/c1-21-14-13(15(26)24(17(21)27)9-12(19)25)23-8-2-7-22(16(23)20-14)11-5-3-10(18)4-6-11/h3-6H,2,7-9H2,1H3,(H2,19,25). The molecule has 3 aromatic rings. The molecule has 0 aliphatic carbocycles. The smallest absolute Gasteiger partial charge is 0.332 e. The molecule has 0 unspecified atom stereocenters. The van der Waals surface area contributed by atoms with E-state index in [0.29, 0.717) is 19.0 Å². The quantitative estimate of drug-likeness (QED) is 0.700. The summed E-state index contributed by atoms with van der Waals surface area (Å²) in [4.78, 5) is 43.0. The Morgan fingerprint density at radius 3 is 2.59 bits per heavy atom. The van der Waals surface area contributed by atoms with Gasteiger partial charge in [0.1, 0.15) is 12.4 Å². The van der Waals surface area contributed by atoms with Crippen molar-refractivity contribution in [3.05, 3.63) is 50.9 Å². The number of carbonyl (C=O) groups excluding carboxylic acids is 1. The van der Waals surface area contributed by atoms with Gasteiger partial charge in [-0.3, -0.25) is 14.2 Å². The number of fused-ring (bicyclic) bond motifs is 3. The van der Waals surface area contributed by atoms with Crippen molar-refractivity contribution in [1.82, 2.24) is 18.7 Å². The molecule has 1 amide bonds. The number of benzene rings is 1. The Balaban J connectivity index is 1.98. The molecule has 0 saturated carbocycles. The van der Waals surface area contributed by atoms with Gasteiger partial charge in [-0.2, -0.15) is 4.98 Å². The minimum absolute atomic E-state index is 0.231. The Labute approximate surface area is 152 Å². The van der Waals surface area contributed by atoms with Crippen molar-refractivity contribution < 1.29 is 9.18 Å². The van der Waals surface area contributed by atoms with E-state index in [9.17, 15) is 18.8 Å². The lowest BCUT2D eigenvalue weighted by Crippen LogP contribution is -2.42. The maximum atomic E-state index is 13.3. The molecule has 0 fully saturated rings. The highest BCUT2D eigenvalue weighted by atomic mass is 19.1. The molecule has 0 bridgehead atoms. The zero-order valence-electron chi connectivity index (χ0n) is 14.6. The summed E-state index contributed by atoms with van der Waals surface area (Å²) in [5.41, 5.74) is 5.11. The Morgan fingerprint density at radius 2 is 1.93 bits per heavy atom. The van der Waals surface area contributed by atoms with Crippen LogP contribution in [0.1, 0.15) is 6.42 Å². The molecule has 3 heterocycles. The van der Waals surface area contributed by atoms with Gasteiger partial charge >= 0.3 is 5.69 Å². The largest absolute Gasteiger partial charge is 0.368 e. The molecule has 2 N–H and O–H groups in total. The van der Waals surface area contributed by atoms with Crippen LogP contribution in [0.3, 0.4) is 0 Å². The van der Waals surface area contributed by atoms with Crippen LogP contribution in [0.15, 0.2) is 33.9 Å². The van der Waals surface area contributed by atoms with E-state index in [0.717, 1.165) is 16.7 Å². The predicted molar refractivity (Wildman–Crippen MR) is 96.5 cm³/mol. The lowest BCUT2D eigenvalue weighted by Gasteiger charge is -2.29. The second-order valence-corrected chi connectivity index (χ2v) is 6.42. The highest BCUT2D eigenvalue weighted by Gasteiger charge is 2.27. The number of hydrogen-bond donors (Lipinski definition) is 1. The number of aromatic nitrogens is 4. The fourth-order valence-electron chi connectivity index (χ4n) is 3.43. The normalized spacial score (nSPS) is 13.8. The topological polar surface area (TPSA) is 108 Å². The summed E-state index contributed by atoms with van der Waals surface area (Å²) < 4.78 is 17.0. The molecule has 0 atom stereocenters. The number of carbonyl (C=O) groups is 1. The van der Waals surface area contributed by atoms with E-state index in [-0.39, 0.29) is 17.0 Å². The third kappa shape index (κ3) is 2.60. The molecule has 1 aromatic carbocycles. The molecule has 0 spiro atoms. The molecule has 0 saturated heterocycles. The Kier molecular flexibility index (Phi) is 3.83. The lowest BCUT2D eigenvalue weighted by molar-refractivity contribution is -0.118. The number of halogens is 1. The van der Waals surface area contributed by atoms with Gasteiger partial charge < -0.3 is 15.2 Å². The molecule has 1 aliphatic rings. The first-order valence-corrected chi connectivity index (χ1v) is 8.40. The number of nitrogens with zero attached hydrogens (tertiary/aromatic N) is 5. The van der Waals surface area contributed by atoms with E-state index in [1.807, 2.05) is 4.90 Å². The van der Waals surface area contributed by atoms with Crippen molar-refractivity contribution in [2.45, 2.75) is 19.5 Å². The maximum absolute atomic E-state index is 13.3. The first-order valence-electron chi connectivity index (χ1n) is 8.40. The molecule has 27 heavy (non-hydrogen) atoms. The van der Waals surface area contributed by atoms with Gasteiger partial charge in [0, 0.05) is 25.8 Å². The summed E-state index contributed by atoms with van der Waals surface area (Å²) in [6, 6.07) is 5.97. The lowest BCUT2D eigenvalue weighted by atomic mass is 10.2. The highest BCUT2D eigenvalue weighted by Crippen LogP contribution is 2.30. The van der Waals surface area contributed by atoms with Crippen molar-refractivity contribution in [1.29, 1.82) is 0 Å². The number of nitrogens with two attached hydrogens (primary N) is 1. The summed E-state index contributed by atoms with van der Waals surface area (Å²) in [6.45, 7) is 0.676. The Hall–Kier alpha value is -3.43. The third-order valence-corrected chi connectivity index (χ3v) is 4.67. The molecular weight excluding hydrogens is 355 g/mol. The zero-order valence-corrected chi connectivity index (χ0v) is 14.6. The van der Waals surface area contributed by atoms with Gasteiger partial charge in [-0.05, 0) is 30.7 Å². The zero-order chi connectivity index (χ0) is 19.3. The number of anilines is 2. The van der Waals surface area contributed by atoms with Crippen LogP contribution in [0, 0.1) is 5.82 Å². The number of primary amides is 1. The molecule has 9 nitrogen and oxygen atoms in total. The highest BCUT2D eigenvalue weighted by molar-refractivity contribution is 5.78. The summed E-state index contributed by atoms with van der Waals surface area (Å²) in [5, 5.41) is 0. The van der Waals surface area contributed by atoms with Gasteiger partial charge in [-0.25, -0.2) is 13.8 Å². The molecular formula is C17H17FN6O3. The third-order valence-electron chi connectivity index (χ3n) is 4.67. The first-order chi connectivity index (χ1) is 12.9. The van der Waals surface area contributed by atoms with Crippen molar-refractivity contribution in [3.8, 4) is 0 Å². The summed E-state index contributed by atoms with van der Waals surface area (Å²) >= 11 is 0. The molecule has 10 heteroatoms. The van der Waals surface area contributed by atoms with E-state index < -0.39 is 23.7 Å². The summed E-state index contributed by atoms with van der Waals surface area (Å²) in [7, 11) is 1.49. The number of amides is 1. The van der Waals surface area contributed by atoms with Crippen LogP contribution in [-0.4, -0.2) is 31.1 Å².